The summed E-state index contributed by atoms with van der Waals surface area (Å²) in [5.74, 6) is 1.11. The molecule has 0 aliphatic heterocycles. The molecule has 0 radical (unpaired) electrons. The maximum Gasteiger partial charge on any atom is 0.120 e. The van der Waals surface area contributed by atoms with Crippen LogP contribution in [0.3, 0.4) is 0 Å². The van der Waals surface area contributed by atoms with Gasteiger partial charge in [-0.25, -0.2) is 0 Å². The van der Waals surface area contributed by atoms with E-state index in [-0.39, 0.29) is 6.04 Å². The minimum absolute atomic E-state index is 0.233. The Morgan fingerprint density at radius 2 is 1.90 bits per heavy atom. The molecule has 2 N–H and O–H groups in total. The van der Waals surface area contributed by atoms with Gasteiger partial charge >= 0.3 is 0 Å². The molecule has 0 heterocycles. The third kappa shape index (κ3) is 4.16. The van der Waals surface area contributed by atoms with Gasteiger partial charge in [-0.2, -0.15) is 0 Å². The minimum atomic E-state index is -1.14. The molecule has 4 heteroatoms. The summed E-state index contributed by atoms with van der Waals surface area (Å²) in [5, 5.41) is 0. The molecule has 0 aliphatic rings. The van der Waals surface area contributed by atoms with Crippen molar-refractivity contribution in [2.75, 3.05) is 12.9 Å². The summed E-state index contributed by atoms with van der Waals surface area (Å²) in [6.07, 6.45) is 1.01. The predicted octanol–water partition coefficient (Wildman–Crippen LogP) is 3.07. The molecule has 2 aromatic rings. The van der Waals surface area contributed by atoms with Crippen LogP contribution < -0.4 is 10.5 Å². The third-order valence-corrected chi connectivity index (χ3v) is 4.89. The van der Waals surface area contributed by atoms with Crippen LogP contribution in [0.2, 0.25) is 0 Å². The fraction of sp³-hybridized carbons (Fsp3) is 0.294. The summed E-state index contributed by atoms with van der Waals surface area (Å²) < 4.78 is 17.5. The molecule has 0 aliphatic carbocycles. The fourth-order valence-electron chi connectivity index (χ4n) is 2.10. The molecule has 21 heavy (non-hydrogen) atoms. The van der Waals surface area contributed by atoms with E-state index < -0.39 is 10.8 Å². The van der Waals surface area contributed by atoms with E-state index in [0.29, 0.717) is 11.5 Å². The quantitative estimate of drug-likeness (QED) is 0.892. The molecule has 2 unspecified atom stereocenters. The Morgan fingerprint density at radius 1 is 1.19 bits per heavy atom. The number of hydrogen-bond acceptors (Lipinski definition) is 3. The van der Waals surface area contributed by atoms with E-state index in [1.807, 2.05) is 30.3 Å². The molecule has 0 aromatic heterocycles. The van der Waals surface area contributed by atoms with Crippen molar-refractivity contribution < 1.29 is 8.95 Å². The minimum Gasteiger partial charge on any atom is -0.497 e. The molecule has 0 saturated heterocycles. The molecule has 2 rings (SSSR count). The van der Waals surface area contributed by atoms with E-state index in [1.165, 1.54) is 5.56 Å². The van der Waals surface area contributed by atoms with Crippen molar-refractivity contribution in [1.29, 1.82) is 0 Å². The zero-order valence-electron chi connectivity index (χ0n) is 12.4. The first kappa shape index (κ1) is 15.7. The van der Waals surface area contributed by atoms with Gasteiger partial charge in [-0.3, -0.25) is 4.21 Å². The molecule has 3 nitrogen and oxygen atoms in total. The summed E-state index contributed by atoms with van der Waals surface area (Å²) in [4.78, 5) is 0.745. The predicted molar refractivity (Wildman–Crippen MR) is 87.0 cm³/mol. The topological polar surface area (TPSA) is 52.3 Å². The summed E-state index contributed by atoms with van der Waals surface area (Å²) in [7, 11) is 0.462. The van der Waals surface area contributed by atoms with Gasteiger partial charge in [0, 0.05) is 16.7 Å². The van der Waals surface area contributed by atoms with E-state index in [4.69, 9.17) is 10.5 Å². The summed E-state index contributed by atoms with van der Waals surface area (Å²) in [6, 6.07) is 15.3. The van der Waals surface area contributed by atoms with Gasteiger partial charge in [0.25, 0.3) is 0 Å². The van der Waals surface area contributed by atoms with Gasteiger partial charge < -0.3 is 10.5 Å². The summed E-state index contributed by atoms with van der Waals surface area (Å²) in [6.45, 7) is 2.12. The number of nitrogens with two attached hydrogens (primary N) is 1. The first-order valence-electron chi connectivity index (χ1n) is 7.01. The lowest BCUT2D eigenvalue weighted by molar-refractivity contribution is 0.413. The van der Waals surface area contributed by atoms with Gasteiger partial charge in [-0.1, -0.05) is 37.3 Å². The van der Waals surface area contributed by atoms with E-state index in [2.05, 4.69) is 19.1 Å². The van der Waals surface area contributed by atoms with Crippen molar-refractivity contribution in [2.24, 2.45) is 5.73 Å². The van der Waals surface area contributed by atoms with Crippen LogP contribution in [0.5, 0.6) is 5.75 Å². The highest BCUT2D eigenvalue weighted by molar-refractivity contribution is 7.85. The number of hydrogen-bond donors (Lipinski definition) is 1. The molecule has 0 amide bonds. The zero-order valence-corrected chi connectivity index (χ0v) is 13.2. The first-order valence-corrected chi connectivity index (χ1v) is 8.32. The van der Waals surface area contributed by atoms with Crippen LogP contribution in [0.25, 0.3) is 0 Å². The highest BCUT2D eigenvalue weighted by Gasteiger charge is 2.12. The molecular weight excluding hydrogens is 282 g/mol. The van der Waals surface area contributed by atoms with Crippen LogP contribution in [0.4, 0.5) is 0 Å². The molecule has 0 fully saturated rings. The Labute approximate surface area is 128 Å². The largest absolute Gasteiger partial charge is 0.497 e. The highest BCUT2D eigenvalue weighted by atomic mass is 32.2. The number of methoxy groups -OCH3 is 1. The molecule has 0 bridgehead atoms. The van der Waals surface area contributed by atoms with Crippen LogP contribution in [0.15, 0.2) is 53.4 Å². The Balaban J connectivity index is 2.06. The second kappa shape index (κ2) is 7.38. The Hall–Kier alpha value is -1.65. The summed E-state index contributed by atoms with van der Waals surface area (Å²) in [5.41, 5.74) is 8.47. The number of aryl methyl sites for hydroxylation is 1. The molecular formula is C17H21NO2S. The van der Waals surface area contributed by atoms with Gasteiger partial charge in [-0.05, 0) is 35.7 Å². The van der Waals surface area contributed by atoms with Crippen molar-refractivity contribution in [3.8, 4) is 5.75 Å². The third-order valence-electron chi connectivity index (χ3n) is 3.45. The lowest BCUT2D eigenvalue weighted by Gasteiger charge is -2.13. The highest BCUT2D eigenvalue weighted by Crippen LogP contribution is 2.19. The monoisotopic (exact) mass is 303 g/mol. The molecule has 2 atom stereocenters. The van der Waals surface area contributed by atoms with Crippen molar-refractivity contribution in [3.05, 3.63) is 59.7 Å². The number of ether oxygens (including phenoxy) is 1. The average Bonchev–Trinajstić information content (AvgIpc) is 2.54. The Kier molecular flexibility index (Phi) is 5.53. The van der Waals surface area contributed by atoms with Crippen LogP contribution in [0.1, 0.15) is 24.1 Å². The SMILES string of the molecule is CCc1ccc(C(N)CS(=O)c2cccc(OC)c2)cc1. The molecule has 112 valence electrons. The van der Waals surface area contributed by atoms with Crippen LogP contribution in [0, 0.1) is 0 Å². The van der Waals surface area contributed by atoms with E-state index >= 15 is 0 Å². The maximum atomic E-state index is 12.4. The standard InChI is InChI=1S/C17H21NO2S/c1-3-13-7-9-14(10-8-13)17(18)12-21(19)16-6-4-5-15(11-16)20-2/h4-11,17H,3,12,18H2,1-2H3. The average molecular weight is 303 g/mol. The van der Waals surface area contributed by atoms with Gasteiger partial charge in [-0.15, -0.1) is 0 Å². The van der Waals surface area contributed by atoms with Gasteiger partial charge in [0.15, 0.2) is 0 Å². The smallest absolute Gasteiger partial charge is 0.120 e. The molecule has 2 aromatic carbocycles. The molecule has 0 saturated carbocycles. The van der Waals surface area contributed by atoms with Gasteiger partial charge in [0.1, 0.15) is 5.75 Å². The number of benzene rings is 2. The first-order chi connectivity index (χ1) is 10.1. The van der Waals surface area contributed by atoms with E-state index in [0.717, 1.165) is 16.9 Å². The Morgan fingerprint density at radius 3 is 2.52 bits per heavy atom. The lowest BCUT2D eigenvalue weighted by Crippen LogP contribution is -2.18. The second-order valence-corrected chi connectivity index (χ2v) is 6.39. The van der Waals surface area contributed by atoms with Crippen molar-refractivity contribution in [3.63, 3.8) is 0 Å². The number of rotatable bonds is 6. The fourth-order valence-corrected chi connectivity index (χ4v) is 3.29. The zero-order chi connectivity index (χ0) is 15.2. The Bertz CT molecular complexity index is 610. The van der Waals surface area contributed by atoms with Crippen LogP contribution >= 0.6 is 0 Å². The molecule has 0 spiro atoms. The van der Waals surface area contributed by atoms with E-state index in [9.17, 15) is 4.21 Å². The van der Waals surface area contributed by atoms with Gasteiger partial charge in [0.05, 0.1) is 17.9 Å². The second-order valence-electron chi connectivity index (χ2n) is 4.89. The van der Waals surface area contributed by atoms with Crippen molar-refractivity contribution >= 4 is 10.8 Å². The normalized spacial score (nSPS) is 13.7. The van der Waals surface area contributed by atoms with Gasteiger partial charge in [0.2, 0.25) is 0 Å². The van der Waals surface area contributed by atoms with Crippen molar-refractivity contribution in [1.82, 2.24) is 0 Å². The maximum absolute atomic E-state index is 12.4. The van der Waals surface area contributed by atoms with Crippen LogP contribution in [-0.2, 0) is 17.2 Å². The van der Waals surface area contributed by atoms with E-state index in [1.54, 1.807) is 13.2 Å². The lowest BCUT2D eigenvalue weighted by atomic mass is 10.1. The van der Waals surface area contributed by atoms with Crippen LogP contribution in [-0.4, -0.2) is 17.1 Å². The summed E-state index contributed by atoms with van der Waals surface area (Å²) >= 11 is 0. The van der Waals surface area contributed by atoms with Crippen molar-refractivity contribution in [2.45, 2.75) is 24.3 Å².